The van der Waals surface area contributed by atoms with Crippen molar-refractivity contribution in [3.63, 3.8) is 0 Å². The van der Waals surface area contributed by atoms with Gasteiger partial charge in [-0.1, -0.05) is 41.9 Å². The molecule has 1 atom stereocenters. The van der Waals surface area contributed by atoms with E-state index in [-0.39, 0.29) is 17.1 Å². The number of rotatable bonds is 3. The van der Waals surface area contributed by atoms with E-state index in [0.717, 1.165) is 31.4 Å². The minimum Gasteiger partial charge on any atom is -0.356 e. The second-order valence-electron chi connectivity index (χ2n) is 7.94. The maximum atomic E-state index is 12.6. The number of benzene rings is 1. The highest BCUT2D eigenvalue weighted by atomic mass is 35.5. The SMILES string of the molecule is CN(C)[C@]1(c2ccccc2)CC[C@]2(CC1)CN(C1=CNC(Cl)N=C1)C(=O)N2. The summed E-state index contributed by atoms with van der Waals surface area (Å²) in [4.78, 5) is 20.9. The number of allylic oxidation sites excluding steroid dienone is 1. The Balaban J connectivity index is 1.52. The van der Waals surface area contributed by atoms with Crippen LogP contribution in [-0.4, -0.2) is 53.8 Å². The number of alkyl halides is 1. The maximum Gasteiger partial charge on any atom is 0.322 e. The van der Waals surface area contributed by atoms with E-state index < -0.39 is 5.62 Å². The minimum absolute atomic E-state index is 0.0175. The van der Waals surface area contributed by atoms with E-state index in [1.165, 1.54) is 5.56 Å². The third-order valence-electron chi connectivity index (χ3n) is 6.30. The van der Waals surface area contributed by atoms with Gasteiger partial charge < -0.3 is 10.6 Å². The number of carbonyl (C=O) groups is 1. The van der Waals surface area contributed by atoms with Crippen molar-refractivity contribution < 1.29 is 4.79 Å². The van der Waals surface area contributed by atoms with Gasteiger partial charge in [0.1, 0.15) is 0 Å². The molecule has 0 radical (unpaired) electrons. The molecule has 2 N–H and O–H groups in total. The number of hydrogen-bond acceptors (Lipinski definition) is 4. The Morgan fingerprint density at radius 1 is 1.19 bits per heavy atom. The van der Waals surface area contributed by atoms with E-state index >= 15 is 0 Å². The molecule has 27 heavy (non-hydrogen) atoms. The first-order valence-electron chi connectivity index (χ1n) is 9.40. The lowest BCUT2D eigenvalue weighted by molar-refractivity contribution is 0.0630. The summed E-state index contributed by atoms with van der Waals surface area (Å²) in [7, 11) is 4.31. The van der Waals surface area contributed by atoms with Crippen molar-refractivity contribution in [2.45, 2.75) is 42.4 Å². The standard InChI is InChI=1S/C20H26ClN5O/c1-25(2)20(15-6-4-3-5-7-15)10-8-19(9-11-20)14-26(18(27)24-19)16-12-22-17(21)23-13-16/h3-7,12-13,17,22H,8-11,14H2,1-2H3,(H,24,27)/t17?,19-,20+. The van der Waals surface area contributed by atoms with Crippen LogP contribution in [0.2, 0.25) is 0 Å². The molecular formula is C20H26ClN5O. The van der Waals surface area contributed by atoms with E-state index in [1.807, 2.05) is 0 Å². The van der Waals surface area contributed by atoms with Gasteiger partial charge in [-0.15, -0.1) is 0 Å². The van der Waals surface area contributed by atoms with Gasteiger partial charge in [0.2, 0.25) is 0 Å². The van der Waals surface area contributed by atoms with Crippen LogP contribution in [0.5, 0.6) is 0 Å². The van der Waals surface area contributed by atoms with Crippen LogP contribution in [0.25, 0.3) is 0 Å². The molecule has 1 aromatic carbocycles. The summed E-state index contributed by atoms with van der Waals surface area (Å²) < 4.78 is 0. The predicted molar refractivity (Wildman–Crippen MR) is 108 cm³/mol. The molecule has 2 amide bonds. The highest BCUT2D eigenvalue weighted by Crippen LogP contribution is 2.46. The zero-order valence-electron chi connectivity index (χ0n) is 15.8. The molecular weight excluding hydrogens is 362 g/mol. The van der Waals surface area contributed by atoms with Crippen LogP contribution >= 0.6 is 11.6 Å². The Morgan fingerprint density at radius 2 is 1.89 bits per heavy atom. The van der Waals surface area contributed by atoms with E-state index in [1.54, 1.807) is 17.3 Å². The first kappa shape index (κ1) is 18.3. The zero-order chi connectivity index (χ0) is 19.1. The molecule has 7 heteroatoms. The van der Waals surface area contributed by atoms with Crippen molar-refractivity contribution >= 4 is 23.8 Å². The smallest absolute Gasteiger partial charge is 0.322 e. The molecule has 0 aromatic heterocycles. The van der Waals surface area contributed by atoms with E-state index in [9.17, 15) is 4.79 Å². The molecule has 1 aromatic rings. The number of hydrogen-bond donors (Lipinski definition) is 2. The predicted octanol–water partition coefficient (Wildman–Crippen LogP) is 2.82. The Kier molecular flexibility index (Phi) is 4.64. The molecule has 2 aliphatic heterocycles. The monoisotopic (exact) mass is 387 g/mol. The minimum atomic E-state index is -0.463. The summed E-state index contributed by atoms with van der Waals surface area (Å²) in [6, 6.07) is 10.7. The van der Waals surface area contributed by atoms with Gasteiger partial charge in [0, 0.05) is 11.7 Å². The molecule has 1 aliphatic carbocycles. The lowest BCUT2D eigenvalue weighted by Crippen LogP contribution is -2.54. The summed E-state index contributed by atoms with van der Waals surface area (Å²) >= 11 is 5.91. The van der Waals surface area contributed by atoms with Crippen molar-refractivity contribution in [1.82, 2.24) is 20.4 Å². The highest BCUT2D eigenvalue weighted by Gasteiger charge is 2.50. The topological polar surface area (TPSA) is 60.0 Å². The van der Waals surface area contributed by atoms with E-state index in [0.29, 0.717) is 6.54 Å². The summed E-state index contributed by atoms with van der Waals surface area (Å²) in [5.74, 6) is 0. The average molecular weight is 388 g/mol. The van der Waals surface area contributed by atoms with Crippen LogP contribution in [0.1, 0.15) is 31.2 Å². The normalized spacial score (nSPS) is 33.2. The summed E-state index contributed by atoms with van der Waals surface area (Å²) in [6.45, 7) is 0.663. The lowest BCUT2D eigenvalue weighted by atomic mass is 9.69. The first-order chi connectivity index (χ1) is 12.9. The van der Waals surface area contributed by atoms with Crippen LogP contribution in [0.4, 0.5) is 4.79 Å². The van der Waals surface area contributed by atoms with Crippen LogP contribution in [0.3, 0.4) is 0 Å². The van der Waals surface area contributed by atoms with Crippen molar-refractivity contribution in [3.05, 3.63) is 47.8 Å². The van der Waals surface area contributed by atoms with Gasteiger partial charge in [0.25, 0.3) is 0 Å². The molecule has 0 bridgehead atoms. The van der Waals surface area contributed by atoms with Gasteiger partial charge in [-0.25, -0.2) is 4.79 Å². The number of urea groups is 1. The number of halogens is 1. The summed E-state index contributed by atoms with van der Waals surface area (Å²) in [5, 5.41) is 6.21. The third-order valence-corrected chi connectivity index (χ3v) is 6.54. The zero-order valence-corrected chi connectivity index (χ0v) is 16.5. The Bertz CT molecular complexity index is 768. The van der Waals surface area contributed by atoms with Gasteiger partial charge >= 0.3 is 6.03 Å². The second-order valence-corrected chi connectivity index (χ2v) is 8.35. The fourth-order valence-electron chi connectivity index (χ4n) is 4.61. The fraction of sp³-hybridized carbons (Fsp3) is 0.500. The molecule has 1 unspecified atom stereocenters. The van der Waals surface area contributed by atoms with Gasteiger partial charge in [0.15, 0.2) is 5.62 Å². The second kappa shape index (κ2) is 6.84. The largest absolute Gasteiger partial charge is 0.356 e. The fourth-order valence-corrected chi connectivity index (χ4v) is 4.73. The molecule has 6 nitrogen and oxygen atoms in total. The van der Waals surface area contributed by atoms with Crippen LogP contribution < -0.4 is 10.6 Å². The summed E-state index contributed by atoms with van der Waals surface area (Å²) in [5.41, 5.74) is 1.48. The van der Waals surface area contributed by atoms with Crippen LogP contribution in [-0.2, 0) is 5.54 Å². The first-order valence-corrected chi connectivity index (χ1v) is 9.84. The maximum absolute atomic E-state index is 12.6. The number of nitrogens with zero attached hydrogens (tertiary/aromatic N) is 3. The Hall–Kier alpha value is -2.05. The lowest BCUT2D eigenvalue weighted by Gasteiger charge is -2.48. The van der Waals surface area contributed by atoms with E-state index in [4.69, 9.17) is 11.6 Å². The molecule has 1 spiro atoms. The van der Waals surface area contributed by atoms with Gasteiger partial charge in [-0.2, -0.15) is 0 Å². The van der Waals surface area contributed by atoms with Gasteiger partial charge in [-0.3, -0.25) is 14.8 Å². The Morgan fingerprint density at radius 3 is 2.48 bits per heavy atom. The number of amides is 2. The van der Waals surface area contributed by atoms with Crippen molar-refractivity contribution in [2.75, 3.05) is 20.6 Å². The molecule has 1 saturated carbocycles. The molecule has 1 saturated heterocycles. The average Bonchev–Trinajstić information content (AvgIpc) is 3.00. The highest BCUT2D eigenvalue weighted by molar-refractivity contribution is 6.21. The van der Waals surface area contributed by atoms with Crippen LogP contribution in [0, 0.1) is 0 Å². The van der Waals surface area contributed by atoms with Crippen molar-refractivity contribution in [3.8, 4) is 0 Å². The van der Waals surface area contributed by atoms with Gasteiger partial charge in [-0.05, 0) is 45.3 Å². The van der Waals surface area contributed by atoms with Crippen LogP contribution in [0.15, 0.2) is 47.2 Å². The molecule has 4 rings (SSSR count). The molecule has 2 heterocycles. The van der Waals surface area contributed by atoms with Crippen molar-refractivity contribution in [1.29, 1.82) is 0 Å². The third kappa shape index (κ3) is 3.21. The molecule has 2 fully saturated rings. The Labute approximate surface area is 165 Å². The van der Waals surface area contributed by atoms with Gasteiger partial charge in [0.05, 0.1) is 24.0 Å². The number of nitrogens with one attached hydrogen (secondary N) is 2. The molecule has 3 aliphatic rings. The van der Waals surface area contributed by atoms with Crippen molar-refractivity contribution in [2.24, 2.45) is 4.99 Å². The quantitative estimate of drug-likeness (QED) is 0.619. The van der Waals surface area contributed by atoms with E-state index in [2.05, 4.69) is 65.0 Å². The molecule has 144 valence electrons. The number of aliphatic imine (C=N–C) groups is 1. The number of carbonyl (C=O) groups excluding carboxylic acids is 1. The summed E-state index contributed by atoms with van der Waals surface area (Å²) in [6.07, 6.45) is 7.33.